The maximum Gasteiger partial charge on any atom is 0.319 e. The lowest BCUT2D eigenvalue weighted by atomic mass is 10.1. The minimum Gasteiger partial charge on any atom is -0.392 e. The molecule has 0 bridgehead atoms. The van der Waals surface area contributed by atoms with Gasteiger partial charge in [0.2, 0.25) is 0 Å². The number of urea groups is 1. The third kappa shape index (κ3) is 3.80. The number of rotatable bonds is 4. The largest absolute Gasteiger partial charge is 0.392 e. The SMILES string of the molecule is O=C(NCc1ccc(CO)cc1)Nc1ccccc1F. The van der Waals surface area contributed by atoms with Gasteiger partial charge in [0.25, 0.3) is 0 Å². The summed E-state index contributed by atoms with van der Waals surface area (Å²) in [6, 6.07) is 12.7. The fraction of sp³-hybridized carbons (Fsp3) is 0.133. The molecule has 0 saturated carbocycles. The second-order valence-corrected chi connectivity index (χ2v) is 4.26. The number of hydrogen-bond acceptors (Lipinski definition) is 2. The Morgan fingerprint density at radius 2 is 1.70 bits per heavy atom. The molecular formula is C15H15FN2O2. The molecule has 0 saturated heterocycles. The smallest absolute Gasteiger partial charge is 0.319 e. The zero-order valence-electron chi connectivity index (χ0n) is 10.8. The van der Waals surface area contributed by atoms with Crippen LogP contribution >= 0.6 is 0 Å². The Kier molecular flexibility index (Phi) is 4.68. The zero-order chi connectivity index (χ0) is 14.4. The summed E-state index contributed by atoms with van der Waals surface area (Å²) >= 11 is 0. The van der Waals surface area contributed by atoms with E-state index in [1.807, 2.05) is 12.1 Å². The van der Waals surface area contributed by atoms with Gasteiger partial charge in [0, 0.05) is 6.54 Å². The van der Waals surface area contributed by atoms with Gasteiger partial charge in [-0.1, -0.05) is 36.4 Å². The summed E-state index contributed by atoms with van der Waals surface area (Å²) in [7, 11) is 0. The van der Waals surface area contributed by atoms with E-state index in [1.54, 1.807) is 24.3 Å². The average Bonchev–Trinajstić information content (AvgIpc) is 2.48. The van der Waals surface area contributed by atoms with Crippen molar-refractivity contribution in [1.82, 2.24) is 5.32 Å². The van der Waals surface area contributed by atoms with Gasteiger partial charge >= 0.3 is 6.03 Å². The van der Waals surface area contributed by atoms with Crippen molar-refractivity contribution < 1.29 is 14.3 Å². The van der Waals surface area contributed by atoms with Crippen molar-refractivity contribution in [3.8, 4) is 0 Å². The molecule has 0 aliphatic heterocycles. The number of anilines is 1. The first kappa shape index (κ1) is 14.0. The highest BCUT2D eigenvalue weighted by atomic mass is 19.1. The van der Waals surface area contributed by atoms with Crippen LogP contribution in [0.25, 0.3) is 0 Å². The van der Waals surface area contributed by atoms with Gasteiger partial charge in [0.15, 0.2) is 0 Å². The maximum absolute atomic E-state index is 13.3. The van der Waals surface area contributed by atoms with Crippen molar-refractivity contribution in [3.05, 3.63) is 65.5 Å². The summed E-state index contributed by atoms with van der Waals surface area (Å²) in [6.07, 6.45) is 0. The Hall–Kier alpha value is -2.40. The van der Waals surface area contributed by atoms with Crippen molar-refractivity contribution >= 4 is 11.7 Å². The molecule has 0 aliphatic carbocycles. The summed E-state index contributed by atoms with van der Waals surface area (Å²) in [5.74, 6) is -0.477. The van der Waals surface area contributed by atoms with E-state index in [1.165, 1.54) is 12.1 Å². The van der Waals surface area contributed by atoms with Crippen LogP contribution in [-0.4, -0.2) is 11.1 Å². The molecule has 3 N–H and O–H groups in total. The standard InChI is InChI=1S/C15H15FN2O2/c16-13-3-1-2-4-14(13)18-15(20)17-9-11-5-7-12(10-19)8-6-11/h1-8,19H,9-10H2,(H2,17,18,20). The number of aliphatic hydroxyl groups excluding tert-OH is 1. The molecule has 2 aromatic carbocycles. The number of hydrogen-bond donors (Lipinski definition) is 3. The third-order valence-corrected chi connectivity index (χ3v) is 2.78. The Labute approximate surface area is 116 Å². The molecule has 2 rings (SSSR count). The molecule has 0 heterocycles. The van der Waals surface area contributed by atoms with E-state index >= 15 is 0 Å². The minimum absolute atomic E-state index is 0.0124. The fourth-order valence-electron chi connectivity index (χ4n) is 1.67. The molecule has 0 spiro atoms. The number of carbonyl (C=O) groups is 1. The van der Waals surface area contributed by atoms with Gasteiger partial charge in [-0.05, 0) is 23.3 Å². The van der Waals surface area contributed by atoms with Crippen molar-refractivity contribution in [3.63, 3.8) is 0 Å². The summed E-state index contributed by atoms with van der Waals surface area (Å²) in [5, 5.41) is 14.0. The van der Waals surface area contributed by atoms with Crippen LogP contribution < -0.4 is 10.6 Å². The van der Waals surface area contributed by atoms with E-state index in [2.05, 4.69) is 10.6 Å². The highest BCUT2D eigenvalue weighted by molar-refractivity contribution is 5.89. The first-order chi connectivity index (χ1) is 9.69. The lowest BCUT2D eigenvalue weighted by Gasteiger charge is -2.08. The molecule has 5 heteroatoms. The molecule has 104 valence electrons. The van der Waals surface area contributed by atoms with Gasteiger partial charge in [-0.25, -0.2) is 9.18 Å². The first-order valence-corrected chi connectivity index (χ1v) is 6.17. The van der Waals surface area contributed by atoms with Crippen LogP contribution in [0.3, 0.4) is 0 Å². The van der Waals surface area contributed by atoms with Crippen LogP contribution in [0.2, 0.25) is 0 Å². The molecule has 4 nitrogen and oxygen atoms in total. The Bertz CT molecular complexity index is 585. The number of benzene rings is 2. The van der Waals surface area contributed by atoms with E-state index in [9.17, 15) is 9.18 Å². The van der Waals surface area contributed by atoms with Crippen LogP contribution in [0, 0.1) is 5.82 Å². The second-order valence-electron chi connectivity index (χ2n) is 4.26. The van der Waals surface area contributed by atoms with Gasteiger partial charge in [0.1, 0.15) is 5.82 Å². The number of carbonyl (C=O) groups excluding carboxylic acids is 1. The minimum atomic E-state index is -0.477. The fourth-order valence-corrected chi connectivity index (χ4v) is 1.67. The quantitative estimate of drug-likeness (QED) is 0.802. The normalized spacial score (nSPS) is 10.1. The number of nitrogens with one attached hydrogen (secondary N) is 2. The third-order valence-electron chi connectivity index (χ3n) is 2.78. The maximum atomic E-state index is 13.3. The Balaban J connectivity index is 1.87. The molecule has 0 atom stereocenters. The predicted molar refractivity (Wildman–Crippen MR) is 74.6 cm³/mol. The van der Waals surface area contributed by atoms with Crippen molar-refractivity contribution in [2.45, 2.75) is 13.2 Å². The lowest BCUT2D eigenvalue weighted by molar-refractivity contribution is 0.251. The molecule has 0 radical (unpaired) electrons. The molecule has 20 heavy (non-hydrogen) atoms. The number of halogens is 1. The van der Waals surface area contributed by atoms with E-state index in [0.29, 0.717) is 6.54 Å². The van der Waals surface area contributed by atoms with Crippen LogP contribution in [0.4, 0.5) is 14.9 Å². The molecule has 2 aromatic rings. The number of aliphatic hydroxyl groups is 1. The number of para-hydroxylation sites is 1. The van der Waals surface area contributed by atoms with E-state index < -0.39 is 11.8 Å². The Morgan fingerprint density at radius 1 is 1.05 bits per heavy atom. The molecular weight excluding hydrogens is 259 g/mol. The van der Waals surface area contributed by atoms with Gasteiger partial charge < -0.3 is 15.7 Å². The number of amides is 2. The van der Waals surface area contributed by atoms with Crippen LogP contribution in [0.15, 0.2) is 48.5 Å². The van der Waals surface area contributed by atoms with Crippen molar-refractivity contribution in [2.24, 2.45) is 0 Å². The monoisotopic (exact) mass is 274 g/mol. The molecule has 0 aliphatic rings. The topological polar surface area (TPSA) is 61.4 Å². The van der Waals surface area contributed by atoms with Crippen LogP contribution in [0.1, 0.15) is 11.1 Å². The molecule has 2 amide bonds. The second kappa shape index (κ2) is 6.68. The van der Waals surface area contributed by atoms with Gasteiger partial charge in [-0.15, -0.1) is 0 Å². The van der Waals surface area contributed by atoms with Gasteiger partial charge in [-0.3, -0.25) is 0 Å². The van der Waals surface area contributed by atoms with Gasteiger partial charge in [0.05, 0.1) is 12.3 Å². The summed E-state index contributed by atoms with van der Waals surface area (Å²) in [5.41, 5.74) is 1.84. The summed E-state index contributed by atoms with van der Waals surface area (Å²) < 4.78 is 13.3. The van der Waals surface area contributed by atoms with E-state index in [4.69, 9.17) is 5.11 Å². The molecule has 0 aromatic heterocycles. The molecule has 0 unspecified atom stereocenters. The highest BCUT2D eigenvalue weighted by Gasteiger charge is 2.05. The first-order valence-electron chi connectivity index (χ1n) is 6.17. The van der Waals surface area contributed by atoms with Crippen molar-refractivity contribution in [1.29, 1.82) is 0 Å². The van der Waals surface area contributed by atoms with E-state index in [0.717, 1.165) is 11.1 Å². The predicted octanol–water partition coefficient (Wildman–Crippen LogP) is 2.64. The van der Waals surface area contributed by atoms with Crippen molar-refractivity contribution in [2.75, 3.05) is 5.32 Å². The van der Waals surface area contributed by atoms with Gasteiger partial charge in [-0.2, -0.15) is 0 Å². The lowest BCUT2D eigenvalue weighted by Crippen LogP contribution is -2.28. The van der Waals surface area contributed by atoms with Crippen LogP contribution in [-0.2, 0) is 13.2 Å². The summed E-state index contributed by atoms with van der Waals surface area (Å²) in [6.45, 7) is 0.313. The highest BCUT2D eigenvalue weighted by Crippen LogP contribution is 2.12. The van der Waals surface area contributed by atoms with Crippen LogP contribution in [0.5, 0.6) is 0 Å². The Morgan fingerprint density at radius 3 is 2.35 bits per heavy atom. The summed E-state index contributed by atoms with van der Waals surface area (Å²) in [4.78, 5) is 11.6. The van der Waals surface area contributed by atoms with E-state index in [-0.39, 0.29) is 12.3 Å². The average molecular weight is 274 g/mol. The zero-order valence-corrected chi connectivity index (χ0v) is 10.8. The molecule has 0 fully saturated rings.